The second-order valence-electron chi connectivity index (χ2n) is 7.85. The predicted octanol–water partition coefficient (Wildman–Crippen LogP) is 5.39. The molecule has 0 spiro atoms. The lowest BCUT2D eigenvalue weighted by Gasteiger charge is -2.33. The Kier molecular flexibility index (Phi) is 9.22. The second-order valence-corrected chi connectivity index (χ2v) is 10.5. The molecular formula is C23H29Cl2NO5S. The van der Waals surface area contributed by atoms with Gasteiger partial charge in [0, 0.05) is 34.9 Å². The van der Waals surface area contributed by atoms with Crippen LogP contribution in [0.1, 0.15) is 44.6 Å². The van der Waals surface area contributed by atoms with Crippen LogP contribution in [0.4, 0.5) is 5.69 Å². The summed E-state index contributed by atoms with van der Waals surface area (Å²) in [5.74, 6) is 0. The van der Waals surface area contributed by atoms with Gasteiger partial charge in [-0.25, -0.2) is 8.42 Å². The molecule has 3 rings (SSSR count). The first-order valence-corrected chi connectivity index (χ1v) is 12.9. The molecular weight excluding hydrogens is 473 g/mol. The van der Waals surface area contributed by atoms with Gasteiger partial charge in [-0.05, 0) is 75.4 Å². The maximum absolute atomic E-state index is 13.7. The van der Waals surface area contributed by atoms with E-state index in [1.807, 2.05) is 6.92 Å². The molecule has 1 fully saturated rings. The van der Waals surface area contributed by atoms with Gasteiger partial charge in [-0.3, -0.25) is 4.31 Å². The Bertz CT molecular complexity index is 978. The number of halogens is 2. The first-order chi connectivity index (χ1) is 15.3. The highest BCUT2D eigenvalue weighted by atomic mass is 35.5. The number of nitrogens with zero attached hydrogens (tertiary/aromatic N) is 1. The van der Waals surface area contributed by atoms with Crippen LogP contribution in [0.15, 0.2) is 47.4 Å². The Hall–Kier alpha value is -1.35. The number of sulfonamides is 1. The predicted molar refractivity (Wildman–Crippen MR) is 127 cm³/mol. The molecule has 1 heterocycles. The van der Waals surface area contributed by atoms with Crippen LogP contribution in [0.5, 0.6) is 0 Å². The Morgan fingerprint density at radius 2 is 1.88 bits per heavy atom. The number of anilines is 1. The van der Waals surface area contributed by atoms with Crippen LogP contribution < -0.4 is 4.31 Å². The summed E-state index contributed by atoms with van der Waals surface area (Å²) in [6.07, 6.45) is 3.50. The topological polar surface area (TPSA) is 76.1 Å². The van der Waals surface area contributed by atoms with Crippen LogP contribution in [0.3, 0.4) is 0 Å². The highest BCUT2D eigenvalue weighted by Crippen LogP contribution is 2.34. The zero-order valence-electron chi connectivity index (χ0n) is 18.0. The summed E-state index contributed by atoms with van der Waals surface area (Å²) in [6, 6.07) is 10.8. The lowest BCUT2D eigenvalue weighted by molar-refractivity contribution is -0.168. The van der Waals surface area contributed by atoms with Gasteiger partial charge >= 0.3 is 0 Å². The third kappa shape index (κ3) is 6.37. The van der Waals surface area contributed by atoms with E-state index in [0.29, 0.717) is 40.7 Å². The van der Waals surface area contributed by atoms with E-state index in [2.05, 4.69) is 0 Å². The van der Waals surface area contributed by atoms with Crippen molar-refractivity contribution < 1.29 is 23.0 Å². The number of ether oxygens (including phenoxy) is 2. The molecule has 176 valence electrons. The first-order valence-electron chi connectivity index (χ1n) is 10.8. The molecule has 32 heavy (non-hydrogen) atoms. The van der Waals surface area contributed by atoms with E-state index in [0.717, 1.165) is 19.3 Å². The third-order valence-electron chi connectivity index (χ3n) is 5.40. The minimum absolute atomic E-state index is 0.0241. The van der Waals surface area contributed by atoms with Gasteiger partial charge in [0.25, 0.3) is 10.0 Å². The molecule has 0 amide bonds. The zero-order chi connectivity index (χ0) is 23.1. The first kappa shape index (κ1) is 25.3. The van der Waals surface area contributed by atoms with Crippen molar-refractivity contribution in [2.24, 2.45) is 0 Å². The van der Waals surface area contributed by atoms with E-state index in [4.69, 9.17) is 32.7 Å². The molecule has 0 saturated carbocycles. The fourth-order valence-electron chi connectivity index (χ4n) is 3.72. The van der Waals surface area contributed by atoms with Crippen molar-refractivity contribution in [2.75, 3.05) is 17.5 Å². The fraction of sp³-hybridized carbons (Fsp3) is 0.478. The number of benzene rings is 2. The molecule has 0 aliphatic carbocycles. The van der Waals surface area contributed by atoms with E-state index in [9.17, 15) is 13.5 Å². The number of aliphatic hydroxyl groups is 1. The van der Waals surface area contributed by atoms with Crippen molar-refractivity contribution >= 4 is 38.9 Å². The molecule has 0 bridgehead atoms. The fourth-order valence-corrected chi connectivity index (χ4v) is 5.73. The minimum Gasteiger partial charge on any atom is -0.396 e. The Morgan fingerprint density at radius 3 is 2.53 bits per heavy atom. The lowest BCUT2D eigenvalue weighted by Crippen LogP contribution is -2.39. The highest BCUT2D eigenvalue weighted by molar-refractivity contribution is 7.92. The molecule has 0 aromatic heterocycles. The Labute approximate surface area is 200 Å². The molecule has 2 unspecified atom stereocenters. The molecule has 1 saturated heterocycles. The summed E-state index contributed by atoms with van der Waals surface area (Å²) in [4.78, 5) is 0.125. The van der Waals surface area contributed by atoms with Gasteiger partial charge in [0.2, 0.25) is 0 Å². The Balaban J connectivity index is 1.99. The van der Waals surface area contributed by atoms with Crippen molar-refractivity contribution in [1.82, 2.24) is 0 Å². The molecule has 1 aliphatic rings. The number of aliphatic hydroxyl groups excluding tert-OH is 1. The van der Waals surface area contributed by atoms with E-state index < -0.39 is 16.1 Å². The van der Waals surface area contributed by atoms with Gasteiger partial charge in [-0.15, -0.1) is 0 Å². The van der Waals surface area contributed by atoms with Crippen LogP contribution in [0.2, 0.25) is 10.0 Å². The van der Waals surface area contributed by atoms with Gasteiger partial charge in [-0.2, -0.15) is 0 Å². The molecule has 1 aliphatic heterocycles. The van der Waals surface area contributed by atoms with E-state index in [1.165, 1.54) is 16.4 Å². The molecule has 2 aromatic carbocycles. The average molecular weight is 502 g/mol. The lowest BCUT2D eigenvalue weighted by atomic mass is 10.1. The normalized spacial score (nSPS) is 17.8. The van der Waals surface area contributed by atoms with Gasteiger partial charge in [0.05, 0.1) is 17.2 Å². The third-order valence-corrected chi connectivity index (χ3v) is 7.83. The SMILES string of the molecule is CC(CCCO)N(c1cc(Cl)ccc1COC1CCCCO1)S(=O)(=O)c1ccc(Cl)cc1. The maximum Gasteiger partial charge on any atom is 0.264 e. The zero-order valence-corrected chi connectivity index (χ0v) is 20.4. The van der Waals surface area contributed by atoms with Gasteiger partial charge in [0.1, 0.15) is 0 Å². The quantitative estimate of drug-likeness (QED) is 0.471. The van der Waals surface area contributed by atoms with Crippen LogP contribution in [-0.4, -0.2) is 39.1 Å². The van der Waals surface area contributed by atoms with E-state index in [1.54, 1.807) is 30.3 Å². The van der Waals surface area contributed by atoms with Crippen molar-refractivity contribution in [3.05, 3.63) is 58.1 Å². The number of rotatable bonds is 10. The van der Waals surface area contributed by atoms with Crippen LogP contribution in [0.25, 0.3) is 0 Å². The largest absolute Gasteiger partial charge is 0.396 e. The smallest absolute Gasteiger partial charge is 0.264 e. The molecule has 9 heteroatoms. The van der Waals surface area contributed by atoms with Gasteiger partial charge < -0.3 is 14.6 Å². The van der Waals surface area contributed by atoms with Gasteiger partial charge in [-0.1, -0.05) is 29.3 Å². The van der Waals surface area contributed by atoms with Crippen molar-refractivity contribution in [2.45, 2.75) is 62.9 Å². The van der Waals surface area contributed by atoms with Crippen molar-refractivity contribution in [1.29, 1.82) is 0 Å². The molecule has 0 radical (unpaired) electrons. The van der Waals surface area contributed by atoms with Gasteiger partial charge in [0.15, 0.2) is 6.29 Å². The summed E-state index contributed by atoms with van der Waals surface area (Å²) in [6.45, 7) is 2.65. The summed E-state index contributed by atoms with van der Waals surface area (Å²) >= 11 is 12.3. The highest BCUT2D eigenvalue weighted by Gasteiger charge is 2.31. The molecule has 2 aromatic rings. The van der Waals surface area contributed by atoms with E-state index in [-0.39, 0.29) is 24.4 Å². The average Bonchev–Trinajstić information content (AvgIpc) is 2.78. The number of hydrogen-bond acceptors (Lipinski definition) is 5. The summed E-state index contributed by atoms with van der Waals surface area (Å²) in [5, 5.41) is 10.2. The van der Waals surface area contributed by atoms with E-state index >= 15 is 0 Å². The van der Waals surface area contributed by atoms with Crippen LogP contribution in [0, 0.1) is 0 Å². The Morgan fingerprint density at radius 1 is 1.16 bits per heavy atom. The molecule has 1 N–H and O–H groups in total. The standard InChI is InChI=1S/C23H29Cl2NO5S/c1-17(5-4-13-27)26(32(28,29)21-11-9-19(24)10-12-21)22-15-20(25)8-7-18(22)16-31-23-6-2-3-14-30-23/h7-12,15,17,23,27H,2-6,13-14,16H2,1H3. The molecule has 2 atom stereocenters. The number of hydrogen-bond donors (Lipinski definition) is 1. The monoisotopic (exact) mass is 501 g/mol. The second kappa shape index (κ2) is 11.7. The minimum atomic E-state index is -3.94. The van der Waals surface area contributed by atoms with Crippen molar-refractivity contribution in [3.63, 3.8) is 0 Å². The van der Waals surface area contributed by atoms with Crippen LogP contribution in [-0.2, 0) is 26.1 Å². The van der Waals surface area contributed by atoms with Crippen molar-refractivity contribution in [3.8, 4) is 0 Å². The maximum atomic E-state index is 13.7. The molecule has 6 nitrogen and oxygen atoms in total. The summed E-state index contributed by atoms with van der Waals surface area (Å²) in [7, 11) is -3.94. The van der Waals surface area contributed by atoms with Crippen LogP contribution >= 0.6 is 23.2 Å². The summed E-state index contributed by atoms with van der Waals surface area (Å²) in [5.41, 5.74) is 1.14. The summed E-state index contributed by atoms with van der Waals surface area (Å²) < 4.78 is 40.4.